The van der Waals surface area contributed by atoms with E-state index in [1.165, 1.54) is 4.90 Å². The van der Waals surface area contributed by atoms with Crippen LogP contribution in [-0.2, 0) is 0 Å². The fourth-order valence-corrected chi connectivity index (χ4v) is 2.84. The van der Waals surface area contributed by atoms with E-state index in [4.69, 9.17) is 0 Å². The summed E-state index contributed by atoms with van der Waals surface area (Å²) in [5, 5.41) is 11.0. The molecule has 1 fully saturated rings. The van der Waals surface area contributed by atoms with Gasteiger partial charge in [-0.3, -0.25) is 14.9 Å². The average molecular weight is 294 g/mol. The molecule has 114 valence electrons. The third-order valence-electron chi connectivity index (χ3n) is 4.08. The van der Waals surface area contributed by atoms with Gasteiger partial charge in [0.1, 0.15) is 11.4 Å². The van der Waals surface area contributed by atoms with E-state index >= 15 is 0 Å². The molecule has 1 amide bonds. The number of hydrogen-bond acceptors (Lipinski definition) is 3. The van der Waals surface area contributed by atoms with Gasteiger partial charge >= 0.3 is 0 Å². The minimum Gasteiger partial charge on any atom is -0.339 e. The number of halogens is 1. The van der Waals surface area contributed by atoms with Crippen molar-refractivity contribution in [3.63, 3.8) is 0 Å². The van der Waals surface area contributed by atoms with Crippen LogP contribution < -0.4 is 0 Å². The Labute approximate surface area is 122 Å². The smallest absolute Gasteiger partial charge is 0.282 e. The first kappa shape index (κ1) is 15.4. The summed E-state index contributed by atoms with van der Waals surface area (Å²) in [7, 11) is 1.65. The van der Waals surface area contributed by atoms with Crippen LogP contribution >= 0.6 is 0 Å². The van der Waals surface area contributed by atoms with Gasteiger partial charge in [0.05, 0.1) is 4.92 Å². The fourth-order valence-electron chi connectivity index (χ4n) is 2.84. The molecule has 21 heavy (non-hydrogen) atoms. The second kappa shape index (κ2) is 6.65. The van der Waals surface area contributed by atoms with Crippen molar-refractivity contribution in [2.75, 3.05) is 7.05 Å². The molecule has 6 heteroatoms. The van der Waals surface area contributed by atoms with Crippen LogP contribution in [0.1, 0.15) is 48.9 Å². The van der Waals surface area contributed by atoms with Gasteiger partial charge in [-0.15, -0.1) is 0 Å². The summed E-state index contributed by atoms with van der Waals surface area (Å²) in [6, 6.07) is 3.07. The van der Waals surface area contributed by atoms with Crippen LogP contribution in [0.15, 0.2) is 18.2 Å². The lowest BCUT2D eigenvalue weighted by Gasteiger charge is -2.27. The number of nitrogens with zero attached hydrogens (tertiary/aromatic N) is 2. The van der Waals surface area contributed by atoms with E-state index in [9.17, 15) is 19.3 Å². The lowest BCUT2D eigenvalue weighted by molar-refractivity contribution is -0.385. The highest BCUT2D eigenvalue weighted by Crippen LogP contribution is 2.25. The summed E-state index contributed by atoms with van der Waals surface area (Å²) in [4.78, 5) is 24.4. The molecule has 1 aromatic carbocycles. The molecule has 0 heterocycles. The van der Waals surface area contributed by atoms with Gasteiger partial charge in [-0.1, -0.05) is 25.7 Å². The summed E-state index contributed by atoms with van der Waals surface area (Å²) in [5.41, 5.74) is -0.520. The Hall–Kier alpha value is -1.98. The third kappa shape index (κ3) is 3.56. The van der Waals surface area contributed by atoms with Crippen LogP contribution in [0.5, 0.6) is 0 Å². The zero-order valence-corrected chi connectivity index (χ0v) is 12.0. The number of rotatable bonds is 3. The molecular weight excluding hydrogens is 275 g/mol. The third-order valence-corrected chi connectivity index (χ3v) is 4.08. The van der Waals surface area contributed by atoms with Crippen molar-refractivity contribution in [2.24, 2.45) is 0 Å². The molecular formula is C15H19FN2O3. The topological polar surface area (TPSA) is 63.5 Å². The summed E-state index contributed by atoms with van der Waals surface area (Å²) in [5.74, 6) is -1.12. The molecule has 0 atom stereocenters. The molecule has 0 N–H and O–H groups in total. The van der Waals surface area contributed by atoms with E-state index in [0.29, 0.717) is 0 Å². The number of hydrogen-bond donors (Lipinski definition) is 0. The van der Waals surface area contributed by atoms with Gasteiger partial charge in [0.25, 0.3) is 11.6 Å². The van der Waals surface area contributed by atoms with Crippen LogP contribution in [0.25, 0.3) is 0 Å². The first-order chi connectivity index (χ1) is 10.0. The Bertz CT molecular complexity index is 540. The maximum atomic E-state index is 13.3. The first-order valence-corrected chi connectivity index (χ1v) is 7.22. The van der Waals surface area contributed by atoms with Crippen molar-refractivity contribution in [2.45, 2.75) is 44.6 Å². The van der Waals surface area contributed by atoms with Crippen molar-refractivity contribution in [3.8, 4) is 0 Å². The van der Waals surface area contributed by atoms with Crippen LogP contribution in [0.3, 0.4) is 0 Å². The quantitative estimate of drug-likeness (QED) is 0.486. The zero-order valence-electron chi connectivity index (χ0n) is 12.0. The lowest BCUT2D eigenvalue weighted by atomic mass is 10.1. The van der Waals surface area contributed by atoms with E-state index in [2.05, 4.69) is 0 Å². The van der Waals surface area contributed by atoms with Gasteiger partial charge in [-0.2, -0.15) is 0 Å². The molecule has 0 radical (unpaired) electrons. The molecule has 1 aliphatic carbocycles. The van der Waals surface area contributed by atoms with Crippen molar-refractivity contribution >= 4 is 11.6 Å². The minimum atomic E-state index is -0.645. The molecule has 1 aromatic rings. The van der Waals surface area contributed by atoms with Gasteiger partial charge in [-0.05, 0) is 25.0 Å². The molecule has 1 aliphatic rings. The molecule has 1 saturated carbocycles. The van der Waals surface area contributed by atoms with E-state index in [1.807, 2.05) is 0 Å². The van der Waals surface area contributed by atoms with Crippen molar-refractivity contribution in [1.29, 1.82) is 0 Å². The Balaban J connectivity index is 2.26. The Morgan fingerprint density at radius 1 is 1.29 bits per heavy atom. The summed E-state index contributed by atoms with van der Waals surface area (Å²) in [6.07, 6.45) is 6.19. The van der Waals surface area contributed by atoms with E-state index in [-0.39, 0.29) is 17.3 Å². The van der Waals surface area contributed by atoms with Gasteiger partial charge in [0, 0.05) is 19.2 Å². The van der Waals surface area contributed by atoms with Crippen LogP contribution in [0.4, 0.5) is 10.1 Å². The lowest BCUT2D eigenvalue weighted by Crippen LogP contribution is -2.37. The number of nitro groups is 1. The number of benzene rings is 1. The predicted octanol–water partition coefficient (Wildman–Crippen LogP) is 3.53. The molecule has 2 rings (SSSR count). The SMILES string of the molecule is CN(C(=O)c1cc(F)ccc1[N+](=O)[O-])C1CCCCCC1. The van der Waals surface area contributed by atoms with E-state index in [0.717, 1.165) is 56.7 Å². The number of nitro benzene ring substituents is 1. The summed E-state index contributed by atoms with van der Waals surface area (Å²) in [6.45, 7) is 0. The van der Waals surface area contributed by atoms with Crippen molar-refractivity contribution in [1.82, 2.24) is 4.90 Å². The first-order valence-electron chi connectivity index (χ1n) is 7.22. The largest absolute Gasteiger partial charge is 0.339 e. The van der Waals surface area contributed by atoms with Crippen LogP contribution in [0, 0.1) is 15.9 Å². The van der Waals surface area contributed by atoms with Gasteiger partial charge in [0.2, 0.25) is 0 Å². The Morgan fingerprint density at radius 3 is 2.48 bits per heavy atom. The standard InChI is InChI=1S/C15H19FN2O3/c1-17(12-6-4-2-3-5-7-12)15(19)13-10-11(16)8-9-14(13)18(20)21/h8-10,12H,2-7H2,1H3. The minimum absolute atomic E-state index is 0.0721. The van der Waals surface area contributed by atoms with Gasteiger partial charge in [-0.25, -0.2) is 4.39 Å². The highest BCUT2D eigenvalue weighted by Gasteiger charge is 2.27. The molecule has 0 saturated heterocycles. The highest BCUT2D eigenvalue weighted by atomic mass is 19.1. The predicted molar refractivity (Wildman–Crippen MR) is 76.6 cm³/mol. The normalized spacial score (nSPS) is 16.3. The van der Waals surface area contributed by atoms with Crippen LogP contribution in [-0.4, -0.2) is 28.8 Å². The van der Waals surface area contributed by atoms with Crippen LogP contribution in [0.2, 0.25) is 0 Å². The number of amides is 1. The number of carbonyl (C=O) groups is 1. The van der Waals surface area contributed by atoms with Crippen molar-refractivity contribution in [3.05, 3.63) is 39.7 Å². The molecule has 0 unspecified atom stereocenters. The summed E-state index contributed by atoms with van der Waals surface area (Å²) >= 11 is 0. The second-order valence-electron chi connectivity index (χ2n) is 5.48. The summed E-state index contributed by atoms with van der Waals surface area (Å²) < 4.78 is 13.3. The number of carbonyl (C=O) groups excluding carboxylic acids is 1. The molecule has 0 aromatic heterocycles. The van der Waals surface area contributed by atoms with Crippen molar-refractivity contribution < 1.29 is 14.1 Å². The molecule has 0 spiro atoms. The van der Waals surface area contributed by atoms with E-state index in [1.54, 1.807) is 7.05 Å². The second-order valence-corrected chi connectivity index (χ2v) is 5.48. The highest BCUT2D eigenvalue weighted by molar-refractivity contribution is 5.98. The Morgan fingerprint density at radius 2 is 1.90 bits per heavy atom. The van der Waals surface area contributed by atoms with E-state index < -0.39 is 16.6 Å². The van der Waals surface area contributed by atoms with Gasteiger partial charge in [0.15, 0.2) is 0 Å². The maximum Gasteiger partial charge on any atom is 0.282 e. The molecule has 0 bridgehead atoms. The monoisotopic (exact) mass is 294 g/mol. The maximum absolute atomic E-state index is 13.3. The Kier molecular flexibility index (Phi) is 4.88. The zero-order chi connectivity index (χ0) is 15.4. The van der Waals surface area contributed by atoms with Gasteiger partial charge < -0.3 is 4.90 Å². The molecule has 0 aliphatic heterocycles. The fraction of sp³-hybridized carbons (Fsp3) is 0.533. The average Bonchev–Trinajstić information content (AvgIpc) is 2.74. The molecule has 5 nitrogen and oxygen atoms in total.